The van der Waals surface area contributed by atoms with Crippen LogP contribution >= 0.6 is 34.4 Å². The van der Waals surface area contributed by atoms with Crippen LogP contribution in [-0.2, 0) is 33.3 Å². The molecule has 0 N–H and O–H groups in total. The summed E-state index contributed by atoms with van der Waals surface area (Å²) in [4.78, 5) is 38.3. The van der Waals surface area contributed by atoms with Crippen LogP contribution in [0.5, 0.6) is 0 Å². The van der Waals surface area contributed by atoms with E-state index in [9.17, 15) is 14.4 Å². The minimum atomic E-state index is -1.12. The maximum Gasteiger partial charge on any atom is 0.303 e. The van der Waals surface area contributed by atoms with E-state index in [2.05, 4.69) is 32.6 Å². The first-order valence-electron chi connectivity index (χ1n) is 8.81. The normalized spacial score (nSPS) is 25.5. The van der Waals surface area contributed by atoms with Gasteiger partial charge in [0.25, 0.3) is 0 Å². The molecule has 1 fully saturated rings. The summed E-state index contributed by atoms with van der Waals surface area (Å²) in [6.07, 6.45) is -3.09. The Balaban J connectivity index is 2.43. The van der Waals surface area contributed by atoms with Crippen molar-refractivity contribution in [2.75, 3.05) is 6.61 Å². The second kappa shape index (κ2) is 11.4. The molecule has 1 saturated heterocycles. The van der Waals surface area contributed by atoms with Gasteiger partial charge in [0.05, 0.1) is 0 Å². The van der Waals surface area contributed by atoms with Crippen LogP contribution in [0.4, 0.5) is 0 Å². The van der Waals surface area contributed by atoms with Crippen molar-refractivity contribution in [1.82, 2.24) is 0 Å². The molecule has 0 spiro atoms. The highest BCUT2D eigenvalue weighted by Crippen LogP contribution is 2.37. The maximum atomic E-state index is 11.7. The van der Waals surface area contributed by atoms with Crippen molar-refractivity contribution >= 4 is 52.3 Å². The second-order valence-electron chi connectivity index (χ2n) is 6.26. The molecule has 0 saturated carbocycles. The molecule has 0 bridgehead atoms. The van der Waals surface area contributed by atoms with E-state index in [0.717, 1.165) is 8.47 Å². The average molecular weight is 549 g/mol. The fourth-order valence-electron chi connectivity index (χ4n) is 2.84. The van der Waals surface area contributed by atoms with E-state index in [0.29, 0.717) is 0 Å². The second-order valence-corrected chi connectivity index (χ2v) is 8.68. The minimum absolute atomic E-state index is 0.235. The van der Waals surface area contributed by atoms with Crippen LogP contribution in [0.15, 0.2) is 34.3 Å². The Morgan fingerprint density at radius 1 is 1.17 bits per heavy atom. The standard InChI is InChI=1S/C18H20IN3O7S/c1-9(23)26-8-14-16(27-10(2)24)15(21-22-20)17(28-11(3)25)18(29-14)30-13-6-4-5-12(19)7-13/h4-7,14-18H,8H2,1-3H3/t14?,15?,16-,17?,18+/m0/s1. The zero-order valence-corrected chi connectivity index (χ0v) is 19.4. The Morgan fingerprint density at radius 3 is 2.40 bits per heavy atom. The highest BCUT2D eigenvalue weighted by molar-refractivity contribution is 14.1. The predicted octanol–water partition coefficient (Wildman–Crippen LogP) is 3.21. The average Bonchev–Trinajstić information content (AvgIpc) is 2.64. The third kappa shape index (κ3) is 7.04. The first-order valence-corrected chi connectivity index (χ1v) is 10.8. The van der Waals surface area contributed by atoms with E-state index in [1.807, 2.05) is 24.3 Å². The molecule has 1 aromatic rings. The summed E-state index contributed by atoms with van der Waals surface area (Å²) >= 11 is 3.41. The third-order valence-electron chi connectivity index (χ3n) is 3.91. The number of thioether (sulfide) groups is 1. The fourth-order valence-corrected chi connectivity index (χ4v) is 4.77. The molecule has 12 heteroatoms. The van der Waals surface area contributed by atoms with E-state index >= 15 is 0 Å². The Hall–Kier alpha value is -2.02. The Labute approximate surface area is 190 Å². The topological polar surface area (TPSA) is 137 Å². The van der Waals surface area contributed by atoms with Crippen molar-refractivity contribution in [2.45, 2.75) is 55.5 Å². The van der Waals surface area contributed by atoms with E-state index in [1.165, 1.54) is 32.5 Å². The Morgan fingerprint density at radius 2 is 1.83 bits per heavy atom. The third-order valence-corrected chi connectivity index (χ3v) is 5.71. The molecule has 1 aliphatic heterocycles. The van der Waals surface area contributed by atoms with Gasteiger partial charge < -0.3 is 18.9 Å². The predicted molar refractivity (Wildman–Crippen MR) is 114 cm³/mol. The lowest BCUT2D eigenvalue weighted by molar-refractivity contribution is -0.201. The van der Waals surface area contributed by atoms with Crippen LogP contribution < -0.4 is 0 Å². The van der Waals surface area contributed by atoms with Crippen molar-refractivity contribution < 1.29 is 33.3 Å². The molecule has 0 aliphatic carbocycles. The number of esters is 3. The first kappa shape index (κ1) is 24.3. The number of hydrogen-bond acceptors (Lipinski definition) is 9. The highest BCUT2D eigenvalue weighted by atomic mass is 127. The molecule has 162 valence electrons. The summed E-state index contributed by atoms with van der Waals surface area (Å²) < 4.78 is 22.8. The molecule has 0 radical (unpaired) electrons. The van der Waals surface area contributed by atoms with Crippen LogP contribution in [0.2, 0.25) is 0 Å². The summed E-state index contributed by atoms with van der Waals surface area (Å²) in [5, 5.41) is 3.73. The molecule has 0 amide bonds. The number of hydrogen-bond donors (Lipinski definition) is 0. The van der Waals surface area contributed by atoms with Gasteiger partial charge in [0.15, 0.2) is 0 Å². The molecule has 1 aliphatic rings. The summed E-state index contributed by atoms with van der Waals surface area (Å²) in [5.41, 5.74) is 8.27. The molecule has 2 rings (SSSR count). The lowest BCUT2D eigenvalue weighted by Gasteiger charge is -2.43. The van der Waals surface area contributed by atoms with Crippen LogP contribution in [0.3, 0.4) is 0 Å². The number of azide groups is 1. The van der Waals surface area contributed by atoms with Gasteiger partial charge in [-0.05, 0) is 46.3 Å². The van der Waals surface area contributed by atoms with Gasteiger partial charge in [0.2, 0.25) is 0 Å². The zero-order chi connectivity index (χ0) is 22.3. The van der Waals surface area contributed by atoms with Crippen molar-refractivity contribution in [1.29, 1.82) is 0 Å². The van der Waals surface area contributed by atoms with Gasteiger partial charge >= 0.3 is 17.9 Å². The lowest BCUT2D eigenvalue weighted by atomic mass is 9.97. The van der Waals surface area contributed by atoms with E-state index in [4.69, 9.17) is 24.5 Å². The molecule has 1 heterocycles. The molecule has 3 unspecified atom stereocenters. The monoisotopic (exact) mass is 549 g/mol. The van der Waals surface area contributed by atoms with Crippen LogP contribution in [-0.4, -0.2) is 54.3 Å². The largest absolute Gasteiger partial charge is 0.463 e. The first-order chi connectivity index (χ1) is 14.2. The summed E-state index contributed by atoms with van der Waals surface area (Å²) in [6, 6.07) is 6.44. The molecule has 30 heavy (non-hydrogen) atoms. The van der Waals surface area contributed by atoms with Gasteiger partial charge in [-0.25, -0.2) is 0 Å². The van der Waals surface area contributed by atoms with Gasteiger partial charge in [0.1, 0.15) is 36.4 Å². The van der Waals surface area contributed by atoms with Gasteiger partial charge in [-0.3, -0.25) is 14.4 Å². The van der Waals surface area contributed by atoms with Crippen LogP contribution in [0.1, 0.15) is 20.8 Å². The van der Waals surface area contributed by atoms with Crippen LogP contribution in [0, 0.1) is 3.57 Å². The fraction of sp³-hybridized carbons (Fsp3) is 0.500. The number of carbonyl (C=O) groups is 3. The number of ether oxygens (including phenoxy) is 4. The quantitative estimate of drug-likeness (QED) is 0.126. The number of nitrogens with zero attached hydrogens (tertiary/aromatic N) is 3. The van der Waals surface area contributed by atoms with Gasteiger partial charge in [0, 0.05) is 34.1 Å². The molecule has 10 nitrogen and oxygen atoms in total. The number of halogens is 1. The Bertz CT molecular complexity index is 849. The minimum Gasteiger partial charge on any atom is -0.463 e. The van der Waals surface area contributed by atoms with E-state index in [-0.39, 0.29) is 6.61 Å². The van der Waals surface area contributed by atoms with Crippen LogP contribution in [0.25, 0.3) is 10.4 Å². The van der Waals surface area contributed by atoms with E-state index in [1.54, 1.807) is 0 Å². The van der Waals surface area contributed by atoms with Crippen molar-refractivity contribution in [2.24, 2.45) is 5.11 Å². The molecular formula is C18H20IN3O7S. The molecule has 0 aromatic heterocycles. The molecular weight excluding hydrogens is 529 g/mol. The molecule has 5 atom stereocenters. The van der Waals surface area contributed by atoms with Gasteiger partial charge in [-0.2, -0.15) is 0 Å². The summed E-state index contributed by atoms with van der Waals surface area (Å²) in [7, 11) is 0. The van der Waals surface area contributed by atoms with Crippen molar-refractivity contribution in [3.05, 3.63) is 38.3 Å². The number of rotatable bonds is 7. The maximum absolute atomic E-state index is 11.7. The SMILES string of the molecule is CC(=O)OCC1O[C@H](Sc2cccc(I)c2)C(OC(C)=O)C(N=[N+]=[N-])[C@H]1OC(C)=O. The lowest BCUT2D eigenvalue weighted by Crippen LogP contribution is -2.59. The summed E-state index contributed by atoms with van der Waals surface area (Å²) in [5.74, 6) is -1.82. The van der Waals surface area contributed by atoms with E-state index < -0.39 is 47.7 Å². The van der Waals surface area contributed by atoms with Gasteiger partial charge in [-0.15, -0.1) is 0 Å². The molecule has 1 aromatic carbocycles. The highest BCUT2D eigenvalue weighted by Gasteiger charge is 2.50. The number of benzene rings is 1. The zero-order valence-electron chi connectivity index (χ0n) is 16.4. The number of carbonyl (C=O) groups excluding carboxylic acids is 3. The summed E-state index contributed by atoms with van der Waals surface area (Å²) in [6.45, 7) is 3.39. The van der Waals surface area contributed by atoms with Gasteiger partial charge in [-0.1, -0.05) is 22.9 Å². The van der Waals surface area contributed by atoms with Crippen molar-refractivity contribution in [3.63, 3.8) is 0 Å². The smallest absolute Gasteiger partial charge is 0.303 e. The van der Waals surface area contributed by atoms with Crippen molar-refractivity contribution in [3.8, 4) is 0 Å². The Kier molecular flexibility index (Phi) is 9.21.